The van der Waals surface area contributed by atoms with Crippen LogP contribution < -0.4 is 0 Å². The minimum absolute atomic E-state index is 0.664. The average Bonchev–Trinajstić information content (AvgIpc) is 2.80. The van der Waals surface area contributed by atoms with Crippen molar-refractivity contribution in [3.8, 4) is 0 Å². The van der Waals surface area contributed by atoms with E-state index < -0.39 is 0 Å². The van der Waals surface area contributed by atoms with Gasteiger partial charge in [-0.2, -0.15) is 0 Å². The van der Waals surface area contributed by atoms with Gasteiger partial charge in [0.2, 0.25) is 0 Å². The summed E-state index contributed by atoms with van der Waals surface area (Å²) >= 11 is 0. The first-order valence-corrected chi connectivity index (χ1v) is 7.30. The van der Waals surface area contributed by atoms with Crippen molar-refractivity contribution in [3.05, 3.63) is 35.5 Å². The molecule has 1 N–H and O–H groups in total. The summed E-state index contributed by atoms with van der Waals surface area (Å²) in [6, 6.07) is 6.59. The number of H-pyrrole nitrogens is 1. The van der Waals surface area contributed by atoms with Crippen LogP contribution >= 0.6 is 0 Å². The predicted molar refractivity (Wildman–Crippen MR) is 80.2 cm³/mol. The lowest BCUT2D eigenvalue weighted by Crippen LogP contribution is -1.92. The standard InChI is InChI=1S/C17H25N/c1-4-5-6-7-9-13(2)16-12-18-17-14(3)10-8-11-15(16)17/h8,10-13,18H,4-7,9H2,1-3H3. The molecule has 1 aromatic carbocycles. The molecule has 1 aromatic heterocycles. The molecule has 0 aliphatic carbocycles. The second-order valence-electron chi connectivity index (χ2n) is 5.49. The number of aromatic nitrogens is 1. The van der Waals surface area contributed by atoms with Crippen LogP contribution in [0.5, 0.6) is 0 Å². The Balaban J connectivity index is 2.08. The van der Waals surface area contributed by atoms with Gasteiger partial charge in [-0.05, 0) is 30.4 Å². The number of para-hydroxylation sites is 1. The van der Waals surface area contributed by atoms with Gasteiger partial charge in [0, 0.05) is 17.1 Å². The third-order valence-corrected chi connectivity index (χ3v) is 3.98. The molecule has 1 heteroatoms. The number of nitrogens with one attached hydrogen (secondary N) is 1. The molecule has 1 heterocycles. The van der Waals surface area contributed by atoms with E-state index in [4.69, 9.17) is 0 Å². The molecule has 2 aromatic rings. The summed E-state index contributed by atoms with van der Waals surface area (Å²) in [6.45, 7) is 6.80. The molecule has 0 radical (unpaired) electrons. The lowest BCUT2D eigenvalue weighted by atomic mass is 9.94. The third-order valence-electron chi connectivity index (χ3n) is 3.98. The van der Waals surface area contributed by atoms with E-state index in [0.29, 0.717) is 5.92 Å². The molecule has 1 atom stereocenters. The third kappa shape index (κ3) is 2.77. The van der Waals surface area contributed by atoms with Crippen LogP contribution in [0.2, 0.25) is 0 Å². The van der Waals surface area contributed by atoms with Gasteiger partial charge in [-0.3, -0.25) is 0 Å². The SMILES string of the molecule is CCCCCCC(C)c1c[nH]c2c(C)cccc12. The van der Waals surface area contributed by atoms with Gasteiger partial charge in [-0.1, -0.05) is 57.7 Å². The minimum atomic E-state index is 0.664. The van der Waals surface area contributed by atoms with Crippen LogP contribution in [0.15, 0.2) is 24.4 Å². The van der Waals surface area contributed by atoms with Crippen molar-refractivity contribution < 1.29 is 0 Å². The Morgan fingerprint density at radius 2 is 2.00 bits per heavy atom. The van der Waals surface area contributed by atoms with Gasteiger partial charge in [0.1, 0.15) is 0 Å². The van der Waals surface area contributed by atoms with Gasteiger partial charge in [0.15, 0.2) is 0 Å². The van der Waals surface area contributed by atoms with Crippen LogP contribution in [-0.4, -0.2) is 4.98 Å². The highest BCUT2D eigenvalue weighted by molar-refractivity contribution is 5.86. The van der Waals surface area contributed by atoms with E-state index >= 15 is 0 Å². The summed E-state index contributed by atoms with van der Waals surface area (Å²) < 4.78 is 0. The van der Waals surface area contributed by atoms with Gasteiger partial charge in [0.25, 0.3) is 0 Å². The first-order valence-electron chi connectivity index (χ1n) is 7.30. The van der Waals surface area contributed by atoms with E-state index in [1.807, 2.05) is 0 Å². The maximum Gasteiger partial charge on any atom is 0.0486 e. The molecule has 0 aliphatic heterocycles. The lowest BCUT2D eigenvalue weighted by molar-refractivity contribution is 0.582. The monoisotopic (exact) mass is 243 g/mol. The molecule has 0 amide bonds. The van der Waals surface area contributed by atoms with Crippen LogP contribution in [0.3, 0.4) is 0 Å². The number of benzene rings is 1. The Morgan fingerprint density at radius 1 is 1.17 bits per heavy atom. The fourth-order valence-corrected chi connectivity index (χ4v) is 2.77. The molecule has 98 valence electrons. The predicted octanol–water partition coefficient (Wildman–Crippen LogP) is 5.55. The smallest absolute Gasteiger partial charge is 0.0486 e. The van der Waals surface area contributed by atoms with Gasteiger partial charge in [0.05, 0.1) is 0 Å². The Bertz CT molecular complexity index is 495. The molecule has 2 rings (SSSR count). The van der Waals surface area contributed by atoms with Gasteiger partial charge in [-0.15, -0.1) is 0 Å². The number of aryl methyl sites for hydroxylation is 1. The van der Waals surface area contributed by atoms with Crippen molar-refractivity contribution in [3.63, 3.8) is 0 Å². The molecule has 0 saturated heterocycles. The second-order valence-corrected chi connectivity index (χ2v) is 5.49. The van der Waals surface area contributed by atoms with E-state index in [-0.39, 0.29) is 0 Å². The Hall–Kier alpha value is -1.24. The summed E-state index contributed by atoms with van der Waals surface area (Å²) in [5.41, 5.74) is 4.15. The molecule has 18 heavy (non-hydrogen) atoms. The summed E-state index contributed by atoms with van der Waals surface area (Å²) in [6.07, 6.45) is 8.94. The number of rotatable bonds is 6. The molecule has 0 aliphatic rings. The number of fused-ring (bicyclic) bond motifs is 1. The van der Waals surface area contributed by atoms with Crippen molar-refractivity contribution in [1.82, 2.24) is 4.98 Å². The number of aromatic amines is 1. The van der Waals surface area contributed by atoms with Gasteiger partial charge >= 0.3 is 0 Å². The van der Waals surface area contributed by atoms with Crippen molar-refractivity contribution >= 4 is 10.9 Å². The Kier molecular flexibility index (Phi) is 4.46. The fraction of sp³-hybridized carbons (Fsp3) is 0.529. The molecule has 0 fully saturated rings. The van der Waals surface area contributed by atoms with E-state index in [0.717, 1.165) is 0 Å². The van der Waals surface area contributed by atoms with Crippen LogP contribution in [0.1, 0.15) is 63.0 Å². The van der Waals surface area contributed by atoms with E-state index in [2.05, 4.69) is 50.2 Å². The average molecular weight is 243 g/mol. The zero-order chi connectivity index (χ0) is 13.0. The first kappa shape index (κ1) is 13.2. The van der Waals surface area contributed by atoms with Crippen molar-refractivity contribution in [2.45, 2.75) is 58.8 Å². The summed E-state index contributed by atoms with van der Waals surface area (Å²) in [7, 11) is 0. The largest absolute Gasteiger partial charge is 0.361 e. The topological polar surface area (TPSA) is 15.8 Å². The summed E-state index contributed by atoms with van der Waals surface area (Å²) in [5, 5.41) is 1.41. The molecular formula is C17H25N. The molecular weight excluding hydrogens is 218 g/mol. The normalized spacial score (nSPS) is 13.1. The Morgan fingerprint density at radius 3 is 2.78 bits per heavy atom. The number of hydrogen-bond acceptors (Lipinski definition) is 0. The van der Waals surface area contributed by atoms with Gasteiger partial charge in [-0.25, -0.2) is 0 Å². The fourth-order valence-electron chi connectivity index (χ4n) is 2.77. The first-order chi connectivity index (χ1) is 8.74. The summed E-state index contributed by atoms with van der Waals surface area (Å²) in [4.78, 5) is 3.44. The molecule has 1 unspecified atom stereocenters. The van der Waals surface area contributed by atoms with E-state index in [9.17, 15) is 0 Å². The van der Waals surface area contributed by atoms with Crippen molar-refractivity contribution in [1.29, 1.82) is 0 Å². The number of unbranched alkanes of at least 4 members (excludes halogenated alkanes) is 3. The van der Waals surface area contributed by atoms with E-state index in [1.165, 1.54) is 54.1 Å². The number of hydrogen-bond donors (Lipinski definition) is 1. The highest BCUT2D eigenvalue weighted by Crippen LogP contribution is 2.30. The second kappa shape index (κ2) is 6.08. The van der Waals surface area contributed by atoms with Crippen molar-refractivity contribution in [2.75, 3.05) is 0 Å². The Labute approximate surface area is 111 Å². The molecule has 0 spiro atoms. The zero-order valence-electron chi connectivity index (χ0n) is 11.9. The van der Waals surface area contributed by atoms with Crippen LogP contribution in [0.4, 0.5) is 0 Å². The molecule has 0 saturated carbocycles. The van der Waals surface area contributed by atoms with Crippen LogP contribution in [-0.2, 0) is 0 Å². The quantitative estimate of drug-likeness (QED) is 0.640. The minimum Gasteiger partial charge on any atom is -0.361 e. The van der Waals surface area contributed by atoms with Gasteiger partial charge < -0.3 is 4.98 Å². The van der Waals surface area contributed by atoms with Crippen LogP contribution in [0.25, 0.3) is 10.9 Å². The maximum absolute atomic E-state index is 3.44. The highest BCUT2D eigenvalue weighted by atomic mass is 14.7. The molecule has 0 bridgehead atoms. The van der Waals surface area contributed by atoms with Crippen molar-refractivity contribution in [2.24, 2.45) is 0 Å². The van der Waals surface area contributed by atoms with Crippen LogP contribution in [0, 0.1) is 6.92 Å². The highest BCUT2D eigenvalue weighted by Gasteiger charge is 2.11. The van der Waals surface area contributed by atoms with E-state index in [1.54, 1.807) is 0 Å². The maximum atomic E-state index is 3.44. The zero-order valence-corrected chi connectivity index (χ0v) is 11.9. The molecule has 1 nitrogen and oxygen atoms in total. The summed E-state index contributed by atoms with van der Waals surface area (Å²) in [5.74, 6) is 0.664. The lowest BCUT2D eigenvalue weighted by Gasteiger charge is -2.10.